The molecule has 0 bridgehead atoms. The molecular weight excluding hydrogens is 428 g/mol. The number of imidazole rings is 1. The van der Waals surface area contributed by atoms with Gasteiger partial charge in [-0.05, 0) is 55.8 Å². The highest BCUT2D eigenvalue weighted by molar-refractivity contribution is 7.14. The largest absolute Gasteiger partial charge is 0.318 e. The smallest absolute Gasteiger partial charge is 0.190 e. The number of nitrogens with zero attached hydrogens (tertiary/aromatic N) is 4. The summed E-state index contributed by atoms with van der Waals surface area (Å²) in [4.78, 5) is 24.4. The number of aromatic nitrogens is 3. The van der Waals surface area contributed by atoms with E-state index >= 15 is 0 Å². The summed E-state index contributed by atoms with van der Waals surface area (Å²) in [6, 6.07) is 23.7. The van der Waals surface area contributed by atoms with Crippen LogP contribution in [0.5, 0.6) is 0 Å². The summed E-state index contributed by atoms with van der Waals surface area (Å²) in [5, 5.41) is 3.00. The normalized spacial score (nSPS) is 11.1. The zero-order valence-electron chi connectivity index (χ0n) is 18.6. The lowest BCUT2D eigenvalue weighted by Crippen LogP contribution is -2.16. The Morgan fingerprint density at radius 2 is 1.73 bits per heavy atom. The zero-order chi connectivity index (χ0) is 22.8. The molecular formula is C27H24N4OS. The number of aryl methyl sites for hydroxylation is 1. The van der Waals surface area contributed by atoms with Crippen molar-refractivity contribution >= 4 is 33.6 Å². The summed E-state index contributed by atoms with van der Waals surface area (Å²) < 4.78 is 2.08. The average Bonchev–Trinajstić information content (AvgIpc) is 3.44. The van der Waals surface area contributed by atoms with Crippen molar-refractivity contribution in [1.82, 2.24) is 14.4 Å². The number of hydrogen-bond donors (Lipinski definition) is 0. The molecule has 5 rings (SSSR count). The van der Waals surface area contributed by atoms with Crippen LogP contribution in [0.1, 0.15) is 28.5 Å². The first-order valence-corrected chi connectivity index (χ1v) is 11.9. The fourth-order valence-corrected chi connectivity index (χ4v) is 4.95. The Balaban J connectivity index is 1.39. The molecule has 0 saturated heterocycles. The first kappa shape index (κ1) is 21.1. The molecule has 0 N–H and O–H groups in total. The highest BCUT2D eigenvalue weighted by Gasteiger charge is 2.17. The first-order valence-electron chi connectivity index (χ1n) is 11.0. The maximum Gasteiger partial charge on any atom is 0.190 e. The summed E-state index contributed by atoms with van der Waals surface area (Å²) in [5.74, 6) is 0.121. The van der Waals surface area contributed by atoms with Crippen LogP contribution in [0.3, 0.4) is 0 Å². The Bertz CT molecular complexity index is 1400. The van der Waals surface area contributed by atoms with E-state index in [4.69, 9.17) is 4.98 Å². The van der Waals surface area contributed by atoms with Crippen molar-refractivity contribution in [2.24, 2.45) is 0 Å². The SMILES string of the molecule is CCN(c1ccc(C(=O)Cc2ccccc2)cc1)c1nc(-c2c(C)nc3ccccn23)cs1. The van der Waals surface area contributed by atoms with Crippen molar-refractivity contribution in [2.45, 2.75) is 20.3 Å². The monoisotopic (exact) mass is 452 g/mol. The van der Waals surface area contributed by atoms with Crippen LogP contribution in [0.2, 0.25) is 0 Å². The molecule has 33 heavy (non-hydrogen) atoms. The molecule has 0 spiro atoms. The van der Waals surface area contributed by atoms with Gasteiger partial charge in [-0.3, -0.25) is 9.20 Å². The van der Waals surface area contributed by atoms with Crippen molar-refractivity contribution < 1.29 is 4.79 Å². The molecule has 2 aromatic carbocycles. The Morgan fingerprint density at radius 3 is 2.48 bits per heavy atom. The molecule has 0 aliphatic carbocycles. The fraction of sp³-hybridized carbons (Fsp3) is 0.148. The minimum atomic E-state index is 0.121. The third kappa shape index (κ3) is 4.17. The topological polar surface area (TPSA) is 50.5 Å². The number of benzene rings is 2. The van der Waals surface area contributed by atoms with Crippen LogP contribution in [-0.4, -0.2) is 26.7 Å². The molecule has 0 radical (unpaired) electrons. The van der Waals surface area contributed by atoms with Gasteiger partial charge in [0.25, 0.3) is 0 Å². The Morgan fingerprint density at radius 1 is 0.970 bits per heavy atom. The fourth-order valence-electron chi connectivity index (χ4n) is 4.06. The highest BCUT2D eigenvalue weighted by Crippen LogP contribution is 2.33. The molecule has 0 aliphatic heterocycles. The lowest BCUT2D eigenvalue weighted by Gasteiger charge is -2.20. The van der Waals surface area contributed by atoms with Gasteiger partial charge in [0.2, 0.25) is 0 Å². The molecule has 6 heteroatoms. The van der Waals surface area contributed by atoms with Gasteiger partial charge in [0.1, 0.15) is 11.3 Å². The van der Waals surface area contributed by atoms with E-state index in [1.54, 1.807) is 11.3 Å². The third-order valence-corrected chi connectivity index (χ3v) is 6.56. The molecule has 3 aromatic heterocycles. The second-order valence-corrected chi connectivity index (χ2v) is 8.70. The van der Waals surface area contributed by atoms with Gasteiger partial charge in [-0.25, -0.2) is 9.97 Å². The number of ketones is 1. The van der Waals surface area contributed by atoms with Gasteiger partial charge in [0, 0.05) is 35.8 Å². The maximum absolute atomic E-state index is 12.7. The summed E-state index contributed by atoms with van der Waals surface area (Å²) in [6.45, 7) is 4.90. The lowest BCUT2D eigenvalue weighted by atomic mass is 10.0. The highest BCUT2D eigenvalue weighted by atomic mass is 32.1. The molecule has 5 aromatic rings. The van der Waals surface area contributed by atoms with Gasteiger partial charge in [-0.2, -0.15) is 0 Å². The van der Waals surface area contributed by atoms with Crippen LogP contribution in [0, 0.1) is 6.92 Å². The summed E-state index contributed by atoms with van der Waals surface area (Å²) in [7, 11) is 0. The van der Waals surface area contributed by atoms with Gasteiger partial charge in [-0.1, -0.05) is 36.4 Å². The summed E-state index contributed by atoms with van der Waals surface area (Å²) >= 11 is 1.61. The Kier molecular flexibility index (Phi) is 5.75. The van der Waals surface area contributed by atoms with E-state index in [2.05, 4.69) is 26.6 Å². The average molecular weight is 453 g/mol. The van der Waals surface area contributed by atoms with E-state index in [1.807, 2.05) is 85.9 Å². The van der Waals surface area contributed by atoms with Gasteiger partial charge in [0.05, 0.1) is 11.4 Å². The molecule has 3 heterocycles. The lowest BCUT2D eigenvalue weighted by molar-refractivity contribution is 0.0993. The summed E-state index contributed by atoms with van der Waals surface area (Å²) in [6.07, 6.45) is 2.43. The molecule has 0 saturated carbocycles. The Hall–Kier alpha value is -3.77. The van der Waals surface area contributed by atoms with Crippen LogP contribution >= 0.6 is 11.3 Å². The van der Waals surface area contributed by atoms with E-state index < -0.39 is 0 Å². The Labute approximate surface area is 197 Å². The first-order chi connectivity index (χ1) is 16.1. The quantitative estimate of drug-likeness (QED) is 0.270. The predicted molar refractivity (Wildman–Crippen MR) is 135 cm³/mol. The van der Waals surface area contributed by atoms with Crippen LogP contribution in [0.25, 0.3) is 17.0 Å². The number of pyridine rings is 1. The standard InChI is InChI=1S/C27H24N4OS/c1-3-30(22-14-12-21(13-15-22)24(32)17-20-9-5-4-6-10-20)27-29-23(18-33-27)26-19(2)28-25-11-7-8-16-31(25)26/h4-16,18H,3,17H2,1-2H3. The number of carbonyl (C=O) groups excluding carboxylic acids is 1. The maximum atomic E-state index is 12.7. The zero-order valence-corrected chi connectivity index (χ0v) is 19.4. The van der Waals surface area contributed by atoms with Gasteiger partial charge in [0.15, 0.2) is 10.9 Å². The van der Waals surface area contributed by atoms with Crippen LogP contribution in [-0.2, 0) is 6.42 Å². The van der Waals surface area contributed by atoms with Crippen LogP contribution in [0.15, 0.2) is 84.4 Å². The number of carbonyl (C=O) groups is 1. The van der Waals surface area contributed by atoms with E-state index in [0.29, 0.717) is 6.42 Å². The molecule has 0 atom stereocenters. The van der Waals surface area contributed by atoms with Crippen LogP contribution in [0.4, 0.5) is 10.8 Å². The third-order valence-electron chi connectivity index (χ3n) is 5.69. The number of rotatable bonds is 7. The number of anilines is 2. The van der Waals surface area contributed by atoms with Crippen molar-refractivity contribution in [2.75, 3.05) is 11.4 Å². The summed E-state index contributed by atoms with van der Waals surface area (Å²) in [5.41, 5.74) is 6.58. The van der Waals surface area contributed by atoms with E-state index in [0.717, 1.165) is 51.2 Å². The molecule has 0 amide bonds. The number of thiazole rings is 1. The minimum absolute atomic E-state index is 0.121. The van der Waals surface area contributed by atoms with E-state index in [-0.39, 0.29) is 5.78 Å². The number of hydrogen-bond acceptors (Lipinski definition) is 5. The minimum Gasteiger partial charge on any atom is -0.318 e. The van der Waals surface area contributed by atoms with Crippen molar-refractivity contribution in [3.8, 4) is 11.4 Å². The second kappa shape index (κ2) is 9.00. The molecule has 0 aliphatic rings. The number of Topliss-reactive ketones (excluding diaryl/α,β-unsaturated/α-hetero) is 1. The van der Waals surface area contributed by atoms with E-state index in [9.17, 15) is 4.79 Å². The van der Waals surface area contributed by atoms with Crippen molar-refractivity contribution in [3.05, 3.63) is 101 Å². The second-order valence-electron chi connectivity index (χ2n) is 7.87. The molecule has 0 fully saturated rings. The number of fused-ring (bicyclic) bond motifs is 1. The molecule has 5 nitrogen and oxygen atoms in total. The predicted octanol–water partition coefficient (Wildman–Crippen LogP) is 6.35. The van der Waals surface area contributed by atoms with Gasteiger partial charge >= 0.3 is 0 Å². The van der Waals surface area contributed by atoms with Gasteiger partial charge < -0.3 is 4.90 Å². The van der Waals surface area contributed by atoms with Crippen LogP contribution < -0.4 is 4.90 Å². The molecule has 164 valence electrons. The van der Waals surface area contributed by atoms with E-state index in [1.165, 1.54) is 0 Å². The van der Waals surface area contributed by atoms with Crippen molar-refractivity contribution in [1.29, 1.82) is 0 Å². The van der Waals surface area contributed by atoms with Gasteiger partial charge in [-0.15, -0.1) is 11.3 Å². The molecule has 0 unspecified atom stereocenters. The van der Waals surface area contributed by atoms with Crippen molar-refractivity contribution in [3.63, 3.8) is 0 Å².